The lowest BCUT2D eigenvalue weighted by atomic mass is 10.1. The van der Waals surface area contributed by atoms with Crippen molar-refractivity contribution in [3.05, 3.63) is 43.8 Å². The molecule has 1 aliphatic rings. The second-order valence-electron chi connectivity index (χ2n) is 5.15. The SMILES string of the molecule is CCNC(c1nc2c(s1)CCC2)c1cc(Br)ccc1OC. The van der Waals surface area contributed by atoms with Gasteiger partial charge in [0.05, 0.1) is 18.8 Å². The molecule has 21 heavy (non-hydrogen) atoms. The van der Waals surface area contributed by atoms with Gasteiger partial charge in [-0.15, -0.1) is 11.3 Å². The smallest absolute Gasteiger partial charge is 0.124 e. The molecule has 1 N–H and O–H groups in total. The van der Waals surface area contributed by atoms with Gasteiger partial charge in [-0.1, -0.05) is 22.9 Å². The molecule has 1 aliphatic carbocycles. The Morgan fingerprint density at radius 3 is 3.00 bits per heavy atom. The molecule has 2 aromatic rings. The minimum absolute atomic E-state index is 0.0954. The second-order valence-corrected chi connectivity index (χ2v) is 7.18. The minimum Gasteiger partial charge on any atom is -0.496 e. The number of methoxy groups -OCH3 is 1. The van der Waals surface area contributed by atoms with E-state index in [0.29, 0.717) is 0 Å². The highest BCUT2D eigenvalue weighted by atomic mass is 79.9. The maximum Gasteiger partial charge on any atom is 0.124 e. The van der Waals surface area contributed by atoms with Crippen LogP contribution in [0.2, 0.25) is 0 Å². The summed E-state index contributed by atoms with van der Waals surface area (Å²) in [6, 6.07) is 6.23. The summed E-state index contributed by atoms with van der Waals surface area (Å²) in [5, 5.41) is 4.70. The summed E-state index contributed by atoms with van der Waals surface area (Å²) in [6.07, 6.45) is 3.56. The van der Waals surface area contributed by atoms with Crippen molar-refractivity contribution in [2.45, 2.75) is 32.2 Å². The Balaban J connectivity index is 2.02. The van der Waals surface area contributed by atoms with Crippen molar-refractivity contribution in [1.82, 2.24) is 10.3 Å². The zero-order valence-corrected chi connectivity index (χ0v) is 14.7. The standard InChI is InChI=1S/C16H19BrN2OS/c1-3-18-15(11-9-10(17)7-8-13(11)20-2)16-19-12-5-4-6-14(12)21-16/h7-9,15,18H,3-6H2,1-2H3. The average Bonchev–Trinajstić information content (AvgIpc) is 3.06. The number of thiazole rings is 1. The number of hydrogen-bond acceptors (Lipinski definition) is 4. The molecule has 1 atom stereocenters. The number of hydrogen-bond donors (Lipinski definition) is 1. The fraction of sp³-hybridized carbons (Fsp3) is 0.438. The lowest BCUT2D eigenvalue weighted by Gasteiger charge is -2.19. The molecular weight excluding hydrogens is 348 g/mol. The van der Waals surface area contributed by atoms with E-state index in [1.54, 1.807) is 7.11 Å². The fourth-order valence-corrected chi connectivity index (χ4v) is 4.43. The van der Waals surface area contributed by atoms with Crippen LogP contribution in [0, 0.1) is 0 Å². The van der Waals surface area contributed by atoms with Crippen LogP contribution in [0.5, 0.6) is 5.75 Å². The average molecular weight is 367 g/mol. The summed E-state index contributed by atoms with van der Waals surface area (Å²) in [4.78, 5) is 6.34. The van der Waals surface area contributed by atoms with Crippen LogP contribution in [0.25, 0.3) is 0 Å². The maximum absolute atomic E-state index is 5.54. The predicted octanol–water partition coefficient (Wildman–Crippen LogP) is 4.10. The topological polar surface area (TPSA) is 34.2 Å². The summed E-state index contributed by atoms with van der Waals surface area (Å²) in [6.45, 7) is 3.02. The lowest BCUT2D eigenvalue weighted by Crippen LogP contribution is -2.22. The van der Waals surface area contributed by atoms with Crippen LogP contribution in [0.1, 0.15) is 40.5 Å². The van der Waals surface area contributed by atoms with Gasteiger partial charge in [0.25, 0.3) is 0 Å². The third-order valence-electron chi connectivity index (χ3n) is 3.77. The van der Waals surface area contributed by atoms with Crippen LogP contribution >= 0.6 is 27.3 Å². The van der Waals surface area contributed by atoms with Gasteiger partial charge in [-0.2, -0.15) is 0 Å². The molecule has 3 rings (SSSR count). The zero-order chi connectivity index (χ0) is 14.8. The third kappa shape index (κ3) is 3.00. The van der Waals surface area contributed by atoms with Crippen molar-refractivity contribution >= 4 is 27.3 Å². The molecule has 1 aromatic heterocycles. The first-order chi connectivity index (χ1) is 10.2. The number of halogens is 1. The van der Waals surface area contributed by atoms with Crippen molar-refractivity contribution in [3.8, 4) is 5.75 Å². The summed E-state index contributed by atoms with van der Waals surface area (Å²) in [5.74, 6) is 0.902. The molecule has 1 aromatic carbocycles. The number of ether oxygens (including phenoxy) is 1. The molecule has 3 nitrogen and oxygen atoms in total. The third-order valence-corrected chi connectivity index (χ3v) is 5.49. The summed E-state index contributed by atoms with van der Waals surface area (Å²) < 4.78 is 6.60. The monoisotopic (exact) mass is 366 g/mol. The number of aromatic nitrogens is 1. The van der Waals surface area contributed by atoms with Gasteiger partial charge in [-0.25, -0.2) is 4.98 Å². The van der Waals surface area contributed by atoms with Crippen LogP contribution in [0.4, 0.5) is 0 Å². The first-order valence-electron chi connectivity index (χ1n) is 7.28. The molecule has 0 radical (unpaired) electrons. The fourth-order valence-electron chi connectivity index (χ4n) is 2.80. The van der Waals surface area contributed by atoms with Crippen molar-refractivity contribution in [3.63, 3.8) is 0 Å². The Labute approximate surface area is 137 Å². The number of nitrogens with zero attached hydrogens (tertiary/aromatic N) is 1. The van der Waals surface area contributed by atoms with Crippen LogP contribution in [-0.4, -0.2) is 18.6 Å². The van der Waals surface area contributed by atoms with E-state index in [1.807, 2.05) is 23.5 Å². The van der Waals surface area contributed by atoms with E-state index in [0.717, 1.165) is 33.8 Å². The number of nitrogens with one attached hydrogen (secondary N) is 1. The predicted molar refractivity (Wildman–Crippen MR) is 90.4 cm³/mol. The number of fused-ring (bicyclic) bond motifs is 1. The van der Waals surface area contributed by atoms with E-state index in [4.69, 9.17) is 9.72 Å². The minimum atomic E-state index is 0.0954. The maximum atomic E-state index is 5.54. The molecule has 112 valence electrons. The molecule has 5 heteroatoms. The van der Waals surface area contributed by atoms with Gasteiger partial charge in [0.2, 0.25) is 0 Å². The van der Waals surface area contributed by atoms with Crippen molar-refractivity contribution < 1.29 is 4.74 Å². The van der Waals surface area contributed by atoms with E-state index in [-0.39, 0.29) is 6.04 Å². The molecular formula is C16H19BrN2OS. The van der Waals surface area contributed by atoms with E-state index < -0.39 is 0 Å². The highest BCUT2D eigenvalue weighted by Gasteiger charge is 2.25. The van der Waals surface area contributed by atoms with Gasteiger partial charge < -0.3 is 10.1 Å². The molecule has 0 amide bonds. The van der Waals surface area contributed by atoms with Gasteiger partial charge in [-0.05, 0) is 44.0 Å². The number of rotatable bonds is 5. The molecule has 0 saturated carbocycles. The quantitative estimate of drug-likeness (QED) is 0.864. The highest BCUT2D eigenvalue weighted by molar-refractivity contribution is 9.10. The van der Waals surface area contributed by atoms with E-state index in [9.17, 15) is 0 Å². The Bertz CT molecular complexity index is 620. The number of aryl methyl sites for hydroxylation is 2. The van der Waals surface area contributed by atoms with Gasteiger partial charge >= 0.3 is 0 Å². The van der Waals surface area contributed by atoms with E-state index in [1.165, 1.54) is 23.4 Å². The summed E-state index contributed by atoms with van der Waals surface area (Å²) in [7, 11) is 1.72. The number of benzene rings is 1. The van der Waals surface area contributed by atoms with Crippen LogP contribution in [-0.2, 0) is 12.8 Å². The van der Waals surface area contributed by atoms with E-state index >= 15 is 0 Å². The molecule has 0 fully saturated rings. The van der Waals surface area contributed by atoms with E-state index in [2.05, 4.69) is 34.2 Å². The van der Waals surface area contributed by atoms with Crippen LogP contribution in [0.3, 0.4) is 0 Å². The first-order valence-corrected chi connectivity index (χ1v) is 8.89. The first kappa shape index (κ1) is 15.0. The van der Waals surface area contributed by atoms with Crippen molar-refractivity contribution in [2.75, 3.05) is 13.7 Å². The second kappa shape index (κ2) is 6.46. The Kier molecular flexibility index (Phi) is 4.62. The molecule has 0 spiro atoms. The van der Waals surface area contributed by atoms with Crippen LogP contribution in [0.15, 0.2) is 22.7 Å². The molecule has 0 bridgehead atoms. The molecule has 1 heterocycles. The highest BCUT2D eigenvalue weighted by Crippen LogP contribution is 2.37. The summed E-state index contributed by atoms with van der Waals surface area (Å²) in [5.41, 5.74) is 2.44. The van der Waals surface area contributed by atoms with Gasteiger partial charge in [-0.3, -0.25) is 0 Å². The largest absolute Gasteiger partial charge is 0.496 e. The van der Waals surface area contributed by atoms with Gasteiger partial charge in [0.15, 0.2) is 0 Å². The zero-order valence-electron chi connectivity index (χ0n) is 12.3. The Hall–Kier alpha value is -0.910. The van der Waals surface area contributed by atoms with Crippen molar-refractivity contribution in [1.29, 1.82) is 0 Å². The molecule has 1 unspecified atom stereocenters. The Morgan fingerprint density at radius 1 is 1.43 bits per heavy atom. The van der Waals surface area contributed by atoms with Gasteiger partial charge in [0.1, 0.15) is 10.8 Å². The Morgan fingerprint density at radius 2 is 2.29 bits per heavy atom. The molecule has 0 saturated heterocycles. The molecule has 0 aliphatic heterocycles. The lowest BCUT2D eigenvalue weighted by molar-refractivity contribution is 0.404. The summed E-state index contributed by atoms with van der Waals surface area (Å²) >= 11 is 5.41. The van der Waals surface area contributed by atoms with Crippen LogP contribution < -0.4 is 10.1 Å². The van der Waals surface area contributed by atoms with Gasteiger partial charge in [0, 0.05) is 14.9 Å². The normalized spacial score (nSPS) is 15.0. The van der Waals surface area contributed by atoms with Crippen molar-refractivity contribution in [2.24, 2.45) is 0 Å².